The van der Waals surface area contributed by atoms with Crippen molar-refractivity contribution in [2.45, 2.75) is 52.1 Å². The molecule has 0 saturated heterocycles. The number of carbonyl (C=O) groups excluding carboxylic acids is 1. The minimum atomic E-state index is -0.883. The molecule has 0 aliphatic heterocycles. The number of fused-ring (bicyclic) bond motifs is 5. The van der Waals surface area contributed by atoms with Crippen molar-refractivity contribution >= 4 is 17.7 Å². The van der Waals surface area contributed by atoms with Crippen LogP contribution in [0.1, 0.15) is 46.0 Å². The number of alkyl halides is 1. The Bertz CT molecular complexity index is 665. The number of hydrogen-bond acceptors (Lipinski definition) is 1. The second-order valence-electron chi connectivity index (χ2n) is 8.88. The van der Waals surface area contributed by atoms with E-state index in [1.807, 2.05) is 6.08 Å². The average Bonchev–Trinajstić information content (AvgIpc) is 2.87. The fourth-order valence-corrected chi connectivity index (χ4v) is 7.10. The van der Waals surface area contributed by atoms with Gasteiger partial charge in [-0.05, 0) is 66.4 Å². The molecule has 0 bridgehead atoms. The van der Waals surface area contributed by atoms with Crippen molar-refractivity contribution < 1.29 is 9.18 Å². The maximum absolute atomic E-state index is 15.1. The van der Waals surface area contributed by atoms with E-state index in [4.69, 9.17) is 0 Å². The molecule has 3 heteroatoms. The molecule has 6 unspecified atom stereocenters. The highest BCUT2D eigenvalue weighted by Gasteiger charge is 2.60. The molecule has 0 radical (unpaired) electrons. The standard InChI is InChI=1S/C21H27FOS/c1-12-6-8-21(3)15-7-9-20(2)14(4-5-16(20)19(23)24)13(15)11-18(22)17(21)10-12/h6,8,10,13-16,18H,1,4-5,7,9,11H2,2-3H3,(H,23,24)/t13?,14?,15?,16?,18-,20?,21?/m0/s1. The summed E-state index contributed by atoms with van der Waals surface area (Å²) in [7, 11) is 0. The third-order valence-electron chi connectivity index (χ3n) is 7.93. The van der Waals surface area contributed by atoms with E-state index in [1.54, 1.807) is 0 Å². The summed E-state index contributed by atoms with van der Waals surface area (Å²) in [6.45, 7) is 8.47. The molecular weight excluding hydrogens is 319 g/mol. The number of hydrogen-bond donors (Lipinski definition) is 1. The van der Waals surface area contributed by atoms with E-state index < -0.39 is 6.17 Å². The molecule has 4 aliphatic carbocycles. The molecule has 4 aliphatic rings. The van der Waals surface area contributed by atoms with Gasteiger partial charge in [0.1, 0.15) is 6.17 Å². The van der Waals surface area contributed by atoms with Crippen molar-refractivity contribution in [2.24, 2.45) is 34.5 Å². The number of thiol groups is 1. The molecule has 0 N–H and O–H groups in total. The van der Waals surface area contributed by atoms with Gasteiger partial charge in [-0.3, -0.25) is 4.79 Å². The second-order valence-corrected chi connectivity index (χ2v) is 9.32. The van der Waals surface area contributed by atoms with Crippen LogP contribution in [-0.2, 0) is 4.79 Å². The van der Waals surface area contributed by atoms with Crippen LogP contribution in [0.2, 0.25) is 0 Å². The van der Waals surface area contributed by atoms with Crippen molar-refractivity contribution in [1.82, 2.24) is 0 Å². The lowest BCUT2D eigenvalue weighted by Gasteiger charge is -2.57. The molecule has 4 rings (SSSR count). The topological polar surface area (TPSA) is 17.1 Å². The van der Waals surface area contributed by atoms with E-state index in [0.29, 0.717) is 24.2 Å². The molecular formula is C21H27FOS. The van der Waals surface area contributed by atoms with Crippen LogP contribution in [0.3, 0.4) is 0 Å². The number of halogens is 1. The molecule has 1 nitrogen and oxygen atoms in total. The lowest BCUT2D eigenvalue weighted by Crippen LogP contribution is -2.52. The van der Waals surface area contributed by atoms with Crippen LogP contribution < -0.4 is 0 Å². The Hall–Kier alpha value is -0.830. The number of allylic oxidation sites excluding steroid dienone is 5. The molecule has 0 aromatic rings. The summed E-state index contributed by atoms with van der Waals surface area (Å²) in [5.74, 6) is 1.35. The van der Waals surface area contributed by atoms with Gasteiger partial charge in [0.2, 0.25) is 0 Å². The van der Waals surface area contributed by atoms with Crippen molar-refractivity contribution in [3.63, 3.8) is 0 Å². The summed E-state index contributed by atoms with van der Waals surface area (Å²) in [5, 5.41) is 0.0340. The minimum absolute atomic E-state index is 0.0132. The van der Waals surface area contributed by atoms with Gasteiger partial charge in [0, 0.05) is 11.3 Å². The molecule has 0 aromatic carbocycles. The normalized spacial score (nSPS) is 49.9. The van der Waals surface area contributed by atoms with Gasteiger partial charge in [0.25, 0.3) is 0 Å². The van der Waals surface area contributed by atoms with Crippen LogP contribution in [-0.4, -0.2) is 11.3 Å². The smallest absolute Gasteiger partial charge is 0.189 e. The van der Waals surface area contributed by atoms with Gasteiger partial charge in [0.15, 0.2) is 5.12 Å². The van der Waals surface area contributed by atoms with Crippen LogP contribution in [0, 0.1) is 34.5 Å². The van der Waals surface area contributed by atoms with Gasteiger partial charge in [-0.2, -0.15) is 0 Å². The van der Waals surface area contributed by atoms with Crippen LogP contribution in [0.15, 0.2) is 36.0 Å². The van der Waals surface area contributed by atoms with E-state index in [0.717, 1.165) is 36.8 Å². The first kappa shape index (κ1) is 16.6. The van der Waals surface area contributed by atoms with E-state index in [1.165, 1.54) is 0 Å². The van der Waals surface area contributed by atoms with Crippen LogP contribution >= 0.6 is 12.6 Å². The second kappa shape index (κ2) is 5.33. The molecule has 0 heterocycles. The zero-order valence-electron chi connectivity index (χ0n) is 14.6. The lowest BCUT2D eigenvalue weighted by atomic mass is 9.47. The fraction of sp³-hybridized carbons (Fsp3) is 0.667. The highest BCUT2D eigenvalue weighted by atomic mass is 32.1. The number of carbonyl (C=O) groups is 1. The number of rotatable bonds is 1. The molecule has 130 valence electrons. The third-order valence-corrected chi connectivity index (χ3v) is 8.24. The van der Waals surface area contributed by atoms with Gasteiger partial charge in [-0.25, -0.2) is 4.39 Å². The zero-order chi connectivity index (χ0) is 17.3. The minimum Gasteiger partial charge on any atom is -0.287 e. The Labute approximate surface area is 149 Å². The summed E-state index contributed by atoms with van der Waals surface area (Å²) in [5.41, 5.74) is 1.66. The lowest BCUT2D eigenvalue weighted by molar-refractivity contribution is -0.120. The maximum atomic E-state index is 15.1. The van der Waals surface area contributed by atoms with Gasteiger partial charge in [-0.15, -0.1) is 12.6 Å². The van der Waals surface area contributed by atoms with Crippen LogP contribution in [0.25, 0.3) is 0 Å². The molecule has 3 saturated carbocycles. The Morgan fingerprint density at radius 2 is 2.04 bits per heavy atom. The Balaban J connectivity index is 1.72. The predicted octanol–water partition coefficient (Wildman–Crippen LogP) is 5.30. The molecule has 7 atom stereocenters. The third kappa shape index (κ3) is 2.09. The molecule has 0 aromatic heterocycles. The van der Waals surface area contributed by atoms with Crippen molar-refractivity contribution in [3.8, 4) is 0 Å². The van der Waals surface area contributed by atoms with Crippen molar-refractivity contribution in [2.75, 3.05) is 0 Å². The van der Waals surface area contributed by atoms with Crippen molar-refractivity contribution in [3.05, 3.63) is 36.0 Å². The summed E-state index contributed by atoms with van der Waals surface area (Å²) >= 11 is 4.16. The van der Waals surface area contributed by atoms with Gasteiger partial charge in [-0.1, -0.05) is 38.7 Å². The van der Waals surface area contributed by atoms with E-state index >= 15 is 4.39 Å². The van der Waals surface area contributed by atoms with Gasteiger partial charge < -0.3 is 0 Å². The molecule has 0 spiro atoms. The highest BCUT2D eigenvalue weighted by molar-refractivity contribution is 7.96. The van der Waals surface area contributed by atoms with Crippen molar-refractivity contribution in [1.29, 1.82) is 0 Å². The first-order valence-corrected chi connectivity index (χ1v) is 9.69. The summed E-state index contributed by atoms with van der Waals surface area (Å²) < 4.78 is 15.1. The molecule has 0 amide bonds. The molecule has 3 fully saturated rings. The van der Waals surface area contributed by atoms with Gasteiger partial charge >= 0.3 is 0 Å². The fourth-order valence-electron chi connectivity index (χ4n) is 6.68. The van der Waals surface area contributed by atoms with Crippen LogP contribution in [0.4, 0.5) is 4.39 Å². The zero-order valence-corrected chi connectivity index (χ0v) is 15.5. The first-order chi connectivity index (χ1) is 11.3. The largest absolute Gasteiger partial charge is 0.287 e. The van der Waals surface area contributed by atoms with Crippen LogP contribution in [0.5, 0.6) is 0 Å². The van der Waals surface area contributed by atoms with E-state index in [2.05, 4.69) is 45.2 Å². The SMILES string of the molecule is C=C1C=CC2(C)C(=C1)[C@@H](F)CC1C2CCC2(C)C(C(=O)S)CCC12. The Kier molecular flexibility index (Phi) is 3.69. The molecule has 24 heavy (non-hydrogen) atoms. The quantitative estimate of drug-likeness (QED) is 0.637. The Morgan fingerprint density at radius 1 is 1.29 bits per heavy atom. The highest BCUT2D eigenvalue weighted by Crippen LogP contribution is 2.66. The van der Waals surface area contributed by atoms with Gasteiger partial charge in [0.05, 0.1) is 0 Å². The van der Waals surface area contributed by atoms with E-state index in [-0.39, 0.29) is 21.9 Å². The van der Waals surface area contributed by atoms with E-state index in [9.17, 15) is 4.79 Å². The maximum Gasteiger partial charge on any atom is 0.189 e. The predicted molar refractivity (Wildman–Crippen MR) is 98.5 cm³/mol. The summed E-state index contributed by atoms with van der Waals surface area (Å²) in [6.07, 6.45) is 10.1. The summed E-state index contributed by atoms with van der Waals surface area (Å²) in [4.78, 5) is 12.0. The summed E-state index contributed by atoms with van der Waals surface area (Å²) in [6, 6.07) is 0. The monoisotopic (exact) mass is 346 g/mol. The average molecular weight is 347 g/mol. The first-order valence-electron chi connectivity index (χ1n) is 9.24. The Morgan fingerprint density at radius 3 is 2.75 bits per heavy atom.